The summed E-state index contributed by atoms with van der Waals surface area (Å²) in [4.78, 5) is -0.0939. The van der Waals surface area contributed by atoms with Crippen molar-refractivity contribution in [3.63, 3.8) is 0 Å². The van der Waals surface area contributed by atoms with E-state index in [4.69, 9.17) is 0 Å². The molecule has 1 N–H and O–H groups in total. The van der Waals surface area contributed by atoms with Gasteiger partial charge in [-0.2, -0.15) is 0 Å². The molecule has 0 aliphatic carbocycles. The highest BCUT2D eigenvalue weighted by Gasteiger charge is 2.18. The number of hydrogen-bond acceptors (Lipinski definition) is 5. The maximum atomic E-state index is 11.6. The average molecular weight is 292 g/mol. The van der Waals surface area contributed by atoms with Crippen LogP contribution in [-0.2, 0) is 26.1 Å². The first-order valence-electron chi connectivity index (χ1n) is 5.23. The van der Waals surface area contributed by atoms with Gasteiger partial charge in [0.05, 0.1) is 15.9 Å². The van der Waals surface area contributed by atoms with Crippen LogP contribution < -0.4 is 0 Å². The van der Waals surface area contributed by atoms with Crippen molar-refractivity contribution in [3.8, 4) is 0 Å². The third-order valence-electron chi connectivity index (χ3n) is 2.38. The van der Waals surface area contributed by atoms with Gasteiger partial charge in [-0.3, -0.25) is 0 Å². The number of hydrogen-bond donors (Lipinski definition) is 1. The predicted molar refractivity (Wildman–Crippen MR) is 68.0 cm³/mol. The van der Waals surface area contributed by atoms with E-state index in [-0.39, 0.29) is 16.2 Å². The molecule has 0 aromatic heterocycles. The summed E-state index contributed by atoms with van der Waals surface area (Å²) in [6.45, 7) is 1.54. The van der Waals surface area contributed by atoms with E-state index >= 15 is 0 Å². The molecule has 1 rings (SSSR count). The van der Waals surface area contributed by atoms with E-state index < -0.39 is 25.8 Å². The van der Waals surface area contributed by atoms with E-state index in [0.717, 1.165) is 18.6 Å². The molecule has 0 saturated carbocycles. The minimum absolute atomic E-state index is 0.0442. The summed E-state index contributed by atoms with van der Waals surface area (Å²) in [7, 11) is -7.00. The van der Waals surface area contributed by atoms with Crippen LogP contribution in [0.1, 0.15) is 12.5 Å². The molecule has 0 saturated heterocycles. The fourth-order valence-corrected chi connectivity index (χ4v) is 3.29. The van der Waals surface area contributed by atoms with Crippen LogP contribution >= 0.6 is 0 Å². The van der Waals surface area contributed by atoms with Gasteiger partial charge in [-0.05, 0) is 31.0 Å². The summed E-state index contributed by atoms with van der Waals surface area (Å²) in [5, 5.41) is 9.31. The fourth-order valence-electron chi connectivity index (χ4n) is 1.60. The summed E-state index contributed by atoms with van der Waals surface area (Å²) in [5.41, 5.74) is 0.417. The molecule has 0 amide bonds. The largest absolute Gasteiger partial charge is 0.393 e. The Kier molecular flexibility index (Phi) is 4.19. The number of sulfone groups is 2. The van der Waals surface area contributed by atoms with E-state index in [2.05, 4.69) is 0 Å². The van der Waals surface area contributed by atoms with Crippen LogP contribution in [-0.4, -0.2) is 40.6 Å². The molecule has 0 fully saturated rings. The van der Waals surface area contributed by atoms with Crippen LogP contribution in [0.4, 0.5) is 0 Å². The summed E-state index contributed by atoms with van der Waals surface area (Å²) in [6, 6.07) is 3.92. The first-order chi connectivity index (χ1) is 8.01. The van der Waals surface area contributed by atoms with Crippen LogP contribution in [0.2, 0.25) is 0 Å². The molecular formula is C11H16O5S2. The first kappa shape index (κ1) is 15.1. The Morgan fingerprint density at radius 2 is 1.67 bits per heavy atom. The Morgan fingerprint density at radius 3 is 2.06 bits per heavy atom. The van der Waals surface area contributed by atoms with Gasteiger partial charge in [0, 0.05) is 12.5 Å². The average Bonchev–Trinajstić information content (AvgIpc) is 2.13. The lowest BCUT2D eigenvalue weighted by atomic mass is 10.1. The van der Waals surface area contributed by atoms with Crippen molar-refractivity contribution in [3.05, 3.63) is 23.8 Å². The van der Waals surface area contributed by atoms with Crippen LogP contribution in [0.15, 0.2) is 28.0 Å². The molecule has 0 aliphatic rings. The van der Waals surface area contributed by atoms with E-state index in [9.17, 15) is 21.9 Å². The third-order valence-corrected chi connectivity index (χ3v) is 4.67. The highest BCUT2D eigenvalue weighted by molar-refractivity contribution is 7.91. The second-order valence-electron chi connectivity index (χ2n) is 4.37. The molecule has 0 spiro atoms. The molecule has 7 heteroatoms. The van der Waals surface area contributed by atoms with Crippen molar-refractivity contribution in [1.29, 1.82) is 0 Å². The molecule has 102 valence electrons. The lowest BCUT2D eigenvalue weighted by molar-refractivity contribution is 0.194. The van der Waals surface area contributed by atoms with Gasteiger partial charge in [-0.1, -0.05) is 6.07 Å². The molecule has 18 heavy (non-hydrogen) atoms. The van der Waals surface area contributed by atoms with Gasteiger partial charge in [0.2, 0.25) is 0 Å². The highest BCUT2D eigenvalue weighted by Crippen LogP contribution is 2.22. The van der Waals surface area contributed by atoms with E-state index in [1.54, 1.807) is 0 Å². The molecule has 0 aliphatic heterocycles. The smallest absolute Gasteiger partial charge is 0.175 e. The normalized spacial score (nSPS) is 14.4. The fraction of sp³-hybridized carbons (Fsp3) is 0.455. The summed E-state index contributed by atoms with van der Waals surface area (Å²) < 4.78 is 46.1. The summed E-state index contributed by atoms with van der Waals surface area (Å²) in [6.07, 6.45) is 1.49. The van der Waals surface area contributed by atoms with Crippen molar-refractivity contribution in [1.82, 2.24) is 0 Å². The van der Waals surface area contributed by atoms with Gasteiger partial charge >= 0.3 is 0 Å². The molecule has 0 bridgehead atoms. The van der Waals surface area contributed by atoms with Gasteiger partial charge in [0.1, 0.15) is 0 Å². The Balaban J connectivity index is 3.49. The molecule has 0 heterocycles. The van der Waals surface area contributed by atoms with Crippen molar-refractivity contribution < 1.29 is 21.9 Å². The molecule has 1 aromatic rings. The van der Waals surface area contributed by atoms with Crippen LogP contribution in [0, 0.1) is 0 Å². The standard InChI is InChI=1S/C11H16O5S2/c1-8(12)6-9-4-5-10(17(2,13)14)7-11(9)18(3,15)16/h4-5,7-8,12H,6H2,1-3H3. The van der Waals surface area contributed by atoms with Crippen molar-refractivity contribution in [2.45, 2.75) is 29.2 Å². The molecule has 5 nitrogen and oxygen atoms in total. The van der Waals surface area contributed by atoms with Crippen LogP contribution in [0.3, 0.4) is 0 Å². The summed E-state index contributed by atoms with van der Waals surface area (Å²) >= 11 is 0. The van der Waals surface area contributed by atoms with Gasteiger partial charge < -0.3 is 5.11 Å². The van der Waals surface area contributed by atoms with Crippen LogP contribution in [0.25, 0.3) is 0 Å². The molecule has 1 aromatic carbocycles. The zero-order chi connectivity index (χ0) is 14.1. The minimum Gasteiger partial charge on any atom is -0.393 e. The number of benzene rings is 1. The third kappa shape index (κ3) is 3.79. The minimum atomic E-state index is -3.54. The molecular weight excluding hydrogens is 276 g/mol. The SMILES string of the molecule is CC(O)Cc1ccc(S(C)(=O)=O)cc1S(C)(=O)=O. The first-order valence-corrected chi connectivity index (χ1v) is 9.01. The van der Waals surface area contributed by atoms with Gasteiger partial charge in [-0.25, -0.2) is 16.8 Å². The number of rotatable bonds is 4. The number of aliphatic hydroxyl groups excluding tert-OH is 1. The zero-order valence-electron chi connectivity index (χ0n) is 10.4. The number of aliphatic hydroxyl groups is 1. The van der Waals surface area contributed by atoms with Crippen molar-refractivity contribution >= 4 is 19.7 Å². The molecule has 0 radical (unpaired) electrons. The summed E-state index contributed by atoms with van der Waals surface area (Å²) in [5.74, 6) is 0. The Morgan fingerprint density at radius 1 is 1.11 bits per heavy atom. The van der Waals surface area contributed by atoms with E-state index in [0.29, 0.717) is 5.56 Å². The van der Waals surface area contributed by atoms with Crippen LogP contribution in [0.5, 0.6) is 0 Å². The lowest BCUT2D eigenvalue weighted by Gasteiger charge is -2.11. The zero-order valence-corrected chi connectivity index (χ0v) is 12.0. The Labute approximate surface area is 107 Å². The van der Waals surface area contributed by atoms with Gasteiger partial charge in [0.25, 0.3) is 0 Å². The van der Waals surface area contributed by atoms with E-state index in [1.165, 1.54) is 19.1 Å². The van der Waals surface area contributed by atoms with Gasteiger partial charge in [-0.15, -0.1) is 0 Å². The van der Waals surface area contributed by atoms with Crippen molar-refractivity contribution in [2.75, 3.05) is 12.5 Å². The Hall–Kier alpha value is -0.920. The van der Waals surface area contributed by atoms with Crippen molar-refractivity contribution in [2.24, 2.45) is 0 Å². The molecule has 1 unspecified atom stereocenters. The van der Waals surface area contributed by atoms with E-state index in [1.807, 2.05) is 0 Å². The predicted octanol–water partition coefficient (Wildman–Crippen LogP) is 0.417. The highest BCUT2D eigenvalue weighted by atomic mass is 32.2. The maximum absolute atomic E-state index is 11.6. The lowest BCUT2D eigenvalue weighted by Crippen LogP contribution is -2.11. The monoisotopic (exact) mass is 292 g/mol. The maximum Gasteiger partial charge on any atom is 0.175 e. The Bertz CT molecular complexity index is 642. The topological polar surface area (TPSA) is 88.5 Å². The molecule has 1 atom stereocenters. The second-order valence-corrected chi connectivity index (χ2v) is 8.37. The second kappa shape index (κ2) is 4.99. The quantitative estimate of drug-likeness (QED) is 0.868. The van der Waals surface area contributed by atoms with Gasteiger partial charge in [0.15, 0.2) is 19.7 Å².